The zero-order valence-corrected chi connectivity index (χ0v) is 9.96. The summed E-state index contributed by atoms with van der Waals surface area (Å²) in [6.45, 7) is 1.84. The fourth-order valence-corrected chi connectivity index (χ4v) is 2.23. The molecule has 2 fully saturated rings. The van der Waals surface area contributed by atoms with Gasteiger partial charge in [0.15, 0.2) is 5.82 Å². The van der Waals surface area contributed by atoms with Crippen LogP contribution < -0.4 is 5.32 Å². The maximum atomic E-state index is 12.1. The predicted molar refractivity (Wildman–Crippen MR) is 59.0 cm³/mol. The summed E-state index contributed by atoms with van der Waals surface area (Å²) in [5.74, 6) is 0.276. The van der Waals surface area contributed by atoms with Crippen molar-refractivity contribution >= 4 is 11.8 Å². The van der Waals surface area contributed by atoms with Crippen molar-refractivity contribution in [3.63, 3.8) is 0 Å². The number of aromatic amines is 1. The van der Waals surface area contributed by atoms with Crippen LogP contribution in [-0.4, -0.2) is 49.4 Å². The maximum Gasteiger partial charge on any atom is 0.247 e. The number of imide groups is 1. The molecule has 18 heavy (non-hydrogen) atoms. The summed E-state index contributed by atoms with van der Waals surface area (Å²) < 4.78 is 0. The van der Waals surface area contributed by atoms with Crippen LogP contribution in [0.5, 0.6) is 0 Å². The molecule has 0 aromatic carbocycles. The molecule has 2 amide bonds. The van der Waals surface area contributed by atoms with E-state index in [1.165, 1.54) is 4.90 Å². The molecular weight excluding hydrogens is 236 g/mol. The van der Waals surface area contributed by atoms with Gasteiger partial charge in [-0.3, -0.25) is 19.8 Å². The van der Waals surface area contributed by atoms with E-state index < -0.39 is 6.04 Å². The van der Waals surface area contributed by atoms with Gasteiger partial charge in [-0.15, -0.1) is 10.2 Å². The molecule has 2 unspecified atom stereocenters. The van der Waals surface area contributed by atoms with E-state index >= 15 is 0 Å². The fraction of sp³-hybridized carbons (Fsp3) is 0.700. The van der Waals surface area contributed by atoms with E-state index in [-0.39, 0.29) is 30.3 Å². The molecule has 2 N–H and O–H groups in total. The first-order valence-electron chi connectivity index (χ1n) is 6.02. The summed E-state index contributed by atoms with van der Waals surface area (Å²) in [5, 5.41) is 16.6. The van der Waals surface area contributed by atoms with Crippen LogP contribution in [0.2, 0.25) is 0 Å². The Bertz CT molecular complexity index is 469. The summed E-state index contributed by atoms with van der Waals surface area (Å²) in [6, 6.07) is -0.548. The lowest BCUT2D eigenvalue weighted by Gasteiger charge is -2.16. The monoisotopic (exact) mass is 250 g/mol. The van der Waals surface area contributed by atoms with Crippen molar-refractivity contribution < 1.29 is 9.59 Å². The number of hydrogen-bond donors (Lipinski definition) is 2. The van der Waals surface area contributed by atoms with Gasteiger partial charge in [0.1, 0.15) is 0 Å². The molecule has 0 bridgehead atoms. The van der Waals surface area contributed by atoms with Crippen LogP contribution in [-0.2, 0) is 9.59 Å². The second kappa shape index (κ2) is 4.13. The summed E-state index contributed by atoms with van der Waals surface area (Å²) in [7, 11) is 0. The molecule has 1 saturated heterocycles. The van der Waals surface area contributed by atoms with E-state index in [1.807, 2.05) is 6.92 Å². The van der Waals surface area contributed by atoms with Gasteiger partial charge in [0.2, 0.25) is 11.8 Å². The van der Waals surface area contributed by atoms with Gasteiger partial charge in [-0.1, -0.05) is 5.21 Å². The first-order chi connectivity index (χ1) is 8.66. The molecule has 1 aliphatic carbocycles. The first-order valence-corrected chi connectivity index (χ1v) is 6.02. The molecule has 0 spiro atoms. The van der Waals surface area contributed by atoms with Gasteiger partial charge in [0.25, 0.3) is 0 Å². The second-order valence-electron chi connectivity index (χ2n) is 4.75. The highest BCUT2D eigenvalue weighted by atomic mass is 16.2. The highest BCUT2D eigenvalue weighted by Gasteiger charge is 2.46. The number of carbonyl (C=O) groups is 2. The number of likely N-dealkylation sites (tertiary alicyclic amines) is 1. The van der Waals surface area contributed by atoms with E-state index in [0.29, 0.717) is 5.82 Å². The molecule has 3 rings (SSSR count). The quantitative estimate of drug-likeness (QED) is 0.674. The number of aromatic nitrogens is 4. The number of carbonyl (C=O) groups excluding carboxylic acids is 2. The van der Waals surface area contributed by atoms with Crippen LogP contribution in [0, 0.1) is 0 Å². The highest BCUT2D eigenvalue weighted by Crippen LogP contribution is 2.31. The highest BCUT2D eigenvalue weighted by molar-refractivity contribution is 6.06. The second-order valence-corrected chi connectivity index (χ2v) is 4.75. The Morgan fingerprint density at radius 2 is 2.22 bits per heavy atom. The zero-order valence-electron chi connectivity index (χ0n) is 9.96. The summed E-state index contributed by atoms with van der Waals surface area (Å²) >= 11 is 0. The number of hydrogen-bond acceptors (Lipinski definition) is 6. The van der Waals surface area contributed by atoms with Crippen LogP contribution in [0.15, 0.2) is 0 Å². The third-order valence-electron chi connectivity index (χ3n) is 3.30. The number of nitrogens with one attached hydrogen (secondary N) is 2. The zero-order chi connectivity index (χ0) is 12.7. The van der Waals surface area contributed by atoms with Gasteiger partial charge in [0.05, 0.1) is 18.5 Å². The minimum absolute atomic E-state index is 0.0830. The molecule has 96 valence electrons. The fourth-order valence-electron chi connectivity index (χ4n) is 2.23. The average molecular weight is 250 g/mol. The van der Waals surface area contributed by atoms with E-state index in [1.54, 1.807) is 0 Å². The van der Waals surface area contributed by atoms with Crippen molar-refractivity contribution in [1.29, 1.82) is 0 Å². The van der Waals surface area contributed by atoms with E-state index in [4.69, 9.17) is 0 Å². The smallest absolute Gasteiger partial charge is 0.247 e. The van der Waals surface area contributed by atoms with Crippen molar-refractivity contribution in [2.45, 2.75) is 44.3 Å². The number of H-pyrrole nitrogens is 1. The Kier molecular flexibility index (Phi) is 2.58. The van der Waals surface area contributed by atoms with Gasteiger partial charge < -0.3 is 0 Å². The Hall–Kier alpha value is -1.83. The molecule has 2 atom stereocenters. The molecule has 0 radical (unpaired) electrons. The van der Waals surface area contributed by atoms with Crippen LogP contribution in [0.1, 0.15) is 38.1 Å². The van der Waals surface area contributed by atoms with Crippen LogP contribution in [0.4, 0.5) is 0 Å². The van der Waals surface area contributed by atoms with Gasteiger partial charge in [0, 0.05) is 6.04 Å². The molecule has 1 aromatic heterocycles. The molecule has 1 aromatic rings. The number of nitrogens with zero attached hydrogens (tertiary/aromatic N) is 4. The Morgan fingerprint density at radius 1 is 1.44 bits per heavy atom. The summed E-state index contributed by atoms with van der Waals surface area (Å²) in [4.78, 5) is 25.2. The first kappa shape index (κ1) is 11.3. The van der Waals surface area contributed by atoms with Gasteiger partial charge in [-0.2, -0.15) is 5.21 Å². The van der Waals surface area contributed by atoms with Crippen LogP contribution >= 0.6 is 0 Å². The van der Waals surface area contributed by atoms with Crippen LogP contribution in [0.3, 0.4) is 0 Å². The molecule has 1 saturated carbocycles. The Labute approximate surface area is 103 Å². The van der Waals surface area contributed by atoms with E-state index in [0.717, 1.165) is 12.8 Å². The molecule has 2 aliphatic rings. The molecule has 2 heterocycles. The minimum Gasteiger partial charge on any atom is -0.296 e. The van der Waals surface area contributed by atoms with Crippen molar-refractivity contribution in [2.24, 2.45) is 0 Å². The van der Waals surface area contributed by atoms with Crippen molar-refractivity contribution in [2.75, 3.05) is 0 Å². The van der Waals surface area contributed by atoms with Crippen LogP contribution in [0.25, 0.3) is 0 Å². The molecular formula is C10H14N6O2. The normalized spacial score (nSPS) is 25.8. The Balaban J connectivity index is 1.67. The third-order valence-corrected chi connectivity index (χ3v) is 3.30. The SMILES string of the molecule is CC(NC1CC(=O)N(C2CC2)C1=O)c1nn[nH]n1. The van der Waals surface area contributed by atoms with Crippen molar-refractivity contribution in [1.82, 2.24) is 30.8 Å². The lowest BCUT2D eigenvalue weighted by atomic mass is 10.2. The van der Waals surface area contributed by atoms with E-state index in [2.05, 4.69) is 25.9 Å². The van der Waals surface area contributed by atoms with Gasteiger partial charge in [-0.05, 0) is 19.8 Å². The lowest BCUT2D eigenvalue weighted by molar-refractivity contribution is -0.139. The molecule has 8 nitrogen and oxygen atoms in total. The predicted octanol–water partition coefficient (Wildman–Crippen LogP) is -0.860. The number of rotatable bonds is 4. The van der Waals surface area contributed by atoms with Crippen molar-refractivity contribution in [3.05, 3.63) is 5.82 Å². The Morgan fingerprint density at radius 3 is 2.83 bits per heavy atom. The van der Waals surface area contributed by atoms with Gasteiger partial charge in [-0.25, -0.2) is 0 Å². The largest absolute Gasteiger partial charge is 0.296 e. The number of amides is 2. The molecule has 1 aliphatic heterocycles. The van der Waals surface area contributed by atoms with Crippen molar-refractivity contribution in [3.8, 4) is 0 Å². The number of tetrazole rings is 1. The average Bonchev–Trinajstić information content (AvgIpc) is 2.91. The lowest BCUT2D eigenvalue weighted by Crippen LogP contribution is -2.40. The maximum absolute atomic E-state index is 12.1. The van der Waals surface area contributed by atoms with E-state index in [9.17, 15) is 9.59 Å². The standard InChI is InChI=1S/C10H14N6O2/c1-5(9-12-14-15-13-9)11-7-4-8(17)16(10(7)18)6-2-3-6/h5-7,11H,2-4H2,1H3,(H,12,13,14,15). The summed E-state index contributed by atoms with van der Waals surface area (Å²) in [5.41, 5.74) is 0. The molecule has 8 heteroatoms. The summed E-state index contributed by atoms with van der Waals surface area (Å²) in [6.07, 6.45) is 2.09. The minimum atomic E-state index is -0.466. The topological polar surface area (TPSA) is 104 Å². The third kappa shape index (κ3) is 1.88. The van der Waals surface area contributed by atoms with Gasteiger partial charge >= 0.3 is 0 Å².